The fourth-order valence-electron chi connectivity index (χ4n) is 1.13. The number of nitrogens with two attached hydrogens (primary N) is 1. The number of hydrogen-bond acceptors (Lipinski definition) is 2. The van der Waals surface area contributed by atoms with Crippen LogP contribution >= 0.6 is 11.8 Å². The third-order valence-electron chi connectivity index (χ3n) is 1.99. The molecule has 1 aromatic rings. The predicted molar refractivity (Wildman–Crippen MR) is 64.6 cm³/mol. The molecule has 14 heavy (non-hydrogen) atoms. The van der Waals surface area contributed by atoms with Crippen LogP contribution in [0.5, 0.6) is 0 Å². The molecule has 0 unspecified atom stereocenters. The Labute approximate surface area is 91.1 Å². The fourth-order valence-corrected chi connectivity index (χ4v) is 1.98. The largest absolute Gasteiger partial charge is 0.324 e. The highest BCUT2D eigenvalue weighted by Gasteiger charge is 2.00. The summed E-state index contributed by atoms with van der Waals surface area (Å²) in [6.07, 6.45) is 0. The van der Waals surface area contributed by atoms with Crippen LogP contribution in [0.4, 0.5) is 0 Å². The first-order valence-corrected chi connectivity index (χ1v) is 6.06. The van der Waals surface area contributed by atoms with Gasteiger partial charge in [-0.15, -0.1) is 11.8 Å². The van der Waals surface area contributed by atoms with Crippen LogP contribution in [0.15, 0.2) is 29.2 Å². The third-order valence-corrected chi connectivity index (χ3v) is 3.43. The molecule has 0 heterocycles. The van der Waals surface area contributed by atoms with Crippen LogP contribution in [0.25, 0.3) is 0 Å². The Balaban J connectivity index is 2.55. The van der Waals surface area contributed by atoms with E-state index in [-0.39, 0.29) is 6.04 Å². The zero-order chi connectivity index (χ0) is 10.6. The molecular weight excluding hydrogens is 190 g/mol. The number of hydrogen-bond donors (Lipinski definition) is 1. The van der Waals surface area contributed by atoms with Crippen LogP contribution in [-0.2, 0) is 0 Å². The van der Waals surface area contributed by atoms with Crippen molar-refractivity contribution < 1.29 is 0 Å². The molecule has 0 aliphatic carbocycles. The maximum Gasteiger partial charge on any atom is 0.0266 e. The minimum atomic E-state index is 0.138. The quantitative estimate of drug-likeness (QED) is 0.769. The Morgan fingerprint density at radius 2 is 1.71 bits per heavy atom. The van der Waals surface area contributed by atoms with Crippen molar-refractivity contribution >= 4 is 11.8 Å². The summed E-state index contributed by atoms with van der Waals surface area (Å²) in [4.78, 5) is 1.34. The molecule has 0 aromatic heterocycles. The van der Waals surface area contributed by atoms with Gasteiger partial charge in [-0.1, -0.05) is 26.0 Å². The Morgan fingerprint density at radius 1 is 1.14 bits per heavy atom. The zero-order valence-corrected chi connectivity index (χ0v) is 9.97. The van der Waals surface area contributed by atoms with Gasteiger partial charge in [0.1, 0.15) is 0 Å². The van der Waals surface area contributed by atoms with Gasteiger partial charge in [0, 0.05) is 16.7 Å². The van der Waals surface area contributed by atoms with Gasteiger partial charge in [0.25, 0.3) is 0 Å². The van der Waals surface area contributed by atoms with Crippen molar-refractivity contribution in [2.24, 2.45) is 11.7 Å². The van der Waals surface area contributed by atoms with Gasteiger partial charge in [-0.05, 0) is 30.5 Å². The van der Waals surface area contributed by atoms with E-state index in [0.29, 0.717) is 0 Å². The predicted octanol–water partition coefficient (Wildman–Crippen LogP) is 3.45. The van der Waals surface area contributed by atoms with Gasteiger partial charge in [-0.25, -0.2) is 0 Å². The molecule has 0 saturated heterocycles. The smallest absolute Gasteiger partial charge is 0.0266 e. The molecule has 2 heteroatoms. The van der Waals surface area contributed by atoms with Crippen molar-refractivity contribution in [1.82, 2.24) is 0 Å². The van der Waals surface area contributed by atoms with Crippen molar-refractivity contribution in [2.45, 2.75) is 31.7 Å². The van der Waals surface area contributed by atoms with E-state index < -0.39 is 0 Å². The lowest BCUT2D eigenvalue weighted by Crippen LogP contribution is -2.04. The van der Waals surface area contributed by atoms with E-state index in [2.05, 4.69) is 38.1 Å². The van der Waals surface area contributed by atoms with Crippen LogP contribution in [0.1, 0.15) is 32.4 Å². The molecule has 1 nitrogen and oxygen atoms in total. The molecule has 0 spiro atoms. The summed E-state index contributed by atoms with van der Waals surface area (Å²) >= 11 is 1.91. The van der Waals surface area contributed by atoms with Gasteiger partial charge >= 0.3 is 0 Å². The number of thioether (sulfide) groups is 1. The van der Waals surface area contributed by atoms with Crippen molar-refractivity contribution in [3.05, 3.63) is 29.8 Å². The first kappa shape index (κ1) is 11.6. The lowest BCUT2D eigenvalue weighted by atomic mass is 10.1. The topological polar surface area (TPSA) is 26.0 Å². The SMILES string of the molecule is CC(C)CSc1ccc([C@H](C)N)cc1. The standard InChI is InChI=1S/C12H19NS/c1-9(2)8-14-12-6-4-11(5-7-12)10(3)13/h4-7,9-10H,8,13H2,1-3H3/t10-/m0/s1. The molecule has 0 bridgehead atoms. The second-order valence-electron chi connectivity index (χ2n) is 4.06. The molecule has 2 N–H and O–H groups in total. The van der Waals surface area contributed by atoms with Crippen LogP contribution in [0.3, 0.4) is 0 Å². The van der Waals surface area contributed by atoms with Gasteiger partial charge in [-0.2, -0.15) is 0 Å². The fraction of sp³-hybridized carbons (Fsp3) is 0.500. The van der Waals surface area contributed by atoms with E-state index in [0.717, 1.165) is 5.92 Å². The molecule has 1 aromatic carbocycles. The van der Waals surface area contributed by atoms with E-state index in [9.17, 15) is 0 Å². The lowest BCUT2D eigenvalue weighted by molar-refractivity contribution is 0.750. The third kappa shape index (κ3) is 3.72. The monoisotopic (exact) mass is 209 g/mol. The van der Waals surface area contributed by atoms with E-state index >= 15 is 0 Å². The zero-order valence-electron chi connectivity index (χ0n) is 9.16. The first-order valence-electron chi connectivity index (χ1n) is 5.08. The average molecular weight is 209 g/mol. The molecule has 0 saturated carbocycles. The minimum Gasteiger partial charge on any atom is -0.324 e. The summed E-state index contributed by atoms with van der Waals surface area (Å²) in [6.45, 7) is 6.49. The molecule has 0 aliphatic heterocycles. The molecule has 0 aliphatic rings. The molecule has 78 valence electrons. The summed E-state index contributed by atoms with van der Waals surface area (Å²) in [7, 11) is 0. The highest BCUT2D eigenvalue weighted by molar-refractivity contribution is 7.99. The molecule has 0 fully saturated rings. The van der Waals surface area contributed by atoms with E-state index in [1.807, 2.05) is 18.7 Å². The second kappa shape index (κ2) is 5.42. The average Bonchev–Trinajstić information content (AvgIpc) is 2.15. The van der Waals surface area contributed by atoms with Gasteiger partial charge in [0.2, 0.25) is 0 Å². The molecule has 1 atom stereocenters. The summed E-state index contributed by atoms with van der Waals surface area (Å²) < 4.78 is 0. The maximum atomic E-state index is 5.78. The molecular formula is C12H19NS. The number of benzene rings is 1. The van der Waals surface area contributed by atoms with Crippen LogP contribution in [0.2, 0.25) is 0 Å². The van der Waals surface area contributed by atoms with Gasteiger partial charge in [0.15, 0.2) is 0 Å². The van der Waals surface area contributed by atoms with Crippen molar-refractivity contribution in [3.63, 3.8) is 0 Å². The highest BCUT2D eigenvalue weighted by atomic mass is 32.2. The summed E-state index contributed by atoms with van der Waals surface area (Å²) in [6, 6.07) is 8.69. The van der Waals surface area contributed by atoms with Gasteiger partial charge < -0.3 is 5.73 Å². The Kier molecular flexibility index (Phi) is 4.49. The van der Waals surface area contributed by atoms with Crippen molar-refractivity contribution in [3.8, 4) is 0 Å². The minimum absolute atomic E-state index is 0.138. The second-order valence-corrected chi connectivity index (χ2v) is 5.16. The summed E-state index contributed by atoms with van der Waals surface area (Å²) in [5, 5.41) is 0. The molecule has 0 radical (unpaired) electrons. The van der Waals surface area contributed by atoms with Crippen molar-refractivity contribution in [2.75, 3.05) is 5.75 Å². The molecule has 0 amide bonds. The van der Waals surface area contributed by atoms with Gasteiger partial charge in [0.05, 0.1) is 0 Å². The van der Waals surface area contributed by atoms with Crippen LogP contribution in [-0.4, -0.2) is 5.75 Å². The summed E-state index contributed by atoms with van der Waals surface area (Å²) in [5.41, 5.74) is 6.99. The number of rotatable bonds is 4. The Hall–Kier alpha value is -0.470. The van der Waals surface area contributed by atoms with E-state index in [4.69, 9.17) is 5.73 Å². The first-order chi connectivity index (χ1) is 6.59. The van der Waals surface area contributed by atoms with E-state index in [1.165, 1.54) is 16.2 Å². The Morgan fingerprint density at radius 3 is 2.14 bits per heavy atom. The Bertz CT molecular complexity index is 264. The van der Waals surface area contributed by atoms with Crippen molar-refractivity contribution in [1.29, 1.82) is 0 Å². The van der Waals surface area contributed by atoms with E-state index in [1.54, 1.807) is 0 Å². The van der Waals surface area contributed by atoms with Gasteiger partial charge in [-0.3, -0.25) is 0 Å². The maximum absolute atomic E-state index is 5.78. The van der Waals surface area contributed by atoms with Crippen LogP contribution < -0.4 is 5.73 Å². The van der Waals surface area contributed by atoms with Crippen LogP contribution in [0, 0.1) is 5.92 Å². The lowest BCUT2D eigenvalue weighted by Gasteiger charge is -2.07. The highest BCUT2D eigenvalue weighted by Crippen LogP contribution is 2.22. The molecule has 1 rings (SSSR count). The summed E-state index contributed by atoms with van der Waals surface area (Å²) in [5.74, 6) is 1.92. The normalized spacial score (nSPS) is 13.2.